The van der Waals surface area contributed by atoms with Crippen molar-refractivity contribution in [2.75, 3.05) is 20.2 Å². The maximum Gasteiger partial charge on any atom is 0.325 e. The highest BCUT2D eigenvalue weighted by Crippen LogP contribution is 2.26. The minimum absolute atomic E-state index is 0.0746. The summed E-state index contributed by atoms with van der Waals surface area (Å²) in [5.41, 5.74) is 0. The number of benzene rings is 1. The Morgan fingerprint density at radius 1 is 1.40 bits per heavy atom. The first-order chi connectivity index (χ1) is 11.9. The molecule has 3 unspecified atom stereocenters. The van der Waals surface area contributed by atoms with Crippen LogP contribution in [-0.4, -0.2) is 70.1 Å². The van der Waals surface area contributed by atoms with Gasteiger partial charge in [-0.15, -0.1) is 0 Å². The van der Waals surface area contributed by atoms with E-state index in [-0.39, 0.29) is 13.2 Å². The summed E-state index contributed by atoms with van der Waals surface area (Å²) < 4.78 is 7.09. The van der Waals surface area contributed by atoms with E-state index < -0.39 is 30.2 Å². The Hall–Kier alpha value is -1.40. The van der Waals surface area contributed by atoms with E-state index in [1.54, 1.807) is 11.9 Å². The lowest BCUT2D eigenvalue weighted by molar-refractivity contribution is -0.127. The van der Waals surface area contributed by atoms with E-state index in [1.807, 2.05) is 24.3 Å². The second kappa shape index (κ2) is 7.46. The maximum absolute atomic E-state index is 12.2. The SMILES string of the molecule is CN1C(=O)NC(=O)C2C1N=C(Br)N2CC(O)COc1ccc(I)cc1. The molecule has 2 heterocycles. The predicted molar refractivity (Wildman–Crippen MR) is 103 cm³/mol. The van der Waals surface area contributed by atoms with Gasteiger partial charge in [0.2, 0.25) is 0 Å². The molecule has 3 amide bonds. The average molecular weight is 523 g/mol. The minimum Gasteiger partial charge on any atom is -0.491 e. The van der Waals surface area contributed by atoms with Crippen molar-refractivity contribution in [2.24, 2.45) is 4.99 Å². The molecule has 0 aliphatic carbocycles. The minimum atomic E-state index is -0.837. The van der Waals surface area contributed by atoms with Crippen molar-refractivity contribution in [2.45, 2.75) is 18.3 Å². The Morgan fingerprint density at radius 2 is 2.08 bits per heavy atom. The molecule has 3 atom stereocenters. The lowest BCUT2D eigenvalue weighted by Crippen LogP contribution is -2.64. The number of rotatable bonds is 5. The van der Waals surface area contributed by atoms with Crippen molar-refractivity contribution < 1.29 is 19.4 Å². The Bertz CT molecular complexity index is 714. The molecule has 0 radical (unpaired) electrons. The van der Waals surface area contributed by atoms with E-state index in [0.29, 0.717) is 10.5 Å². The number of amidine groups is 1. The first-order valence-corrected chi connectivity index (χ1v) is 9.38. The summed E-state index contributed by atoms with van der Waals surface area (Å²) >= 11 is 5.51. The normalized spacial score (nSPS) is 23.9. The Morgan fingerprint density at radius 3 is 2.76 bits per heavy atom. The number of carbonyl (C=O) groups excluding carboxylic acids is 2. The van der Waals surface area contributed by atoms with Crippen molar-refractivity contribution in [3.8, 4) is 5.75 Å². The van der Waals surface area contributed by atoms with Gasteiger partial charge < -0.3 is 19.6 Å². The van der Waals surface area contributed by atoms with Crippen LogP contribution in [0.4, 0.5) is 4.79 Å². The van der Waals surface area contributed by atoms with Gasteiger partial charge >= 0.3 is 6.03 Å². The molecule has 25 heavy (non-hydrogen) atoms. The molecular formula is C15H16BrIN4O4. The van der Waals surface area contributed by atoms with E-state index >= 15 is 0 Å². The summed E-state index contributed by atoms with van der Waals surface area (Å²) in [6.45, 7) is 0.218. The first kappa shape index (κ1) is 18.4. The fourth-order valence-electron chi connectivity index (χ4n) is 2.68. The number of aliphatic hydroxyl groups is 1. The van der Waals surface area contributed by atoms with E-state index in [1.165, 1.54) is 4.90 Å². The number of hydrogen-bond acceptors (Lipinski definition) is 6. The molecule has 0 aromatic heterocycles. The van der Waals surface area contributed by atoms with Crippen molar-refractivity contribution in [1.29, 1.82) is 0 Å². The van der Waals surface area contributed by atoms with Crippen LogP contribution in [0, 0.1) is 3.57 Å². The van der Waals surface area contributed by atoms with Crippen LogP contribution in [-0.2, 0) is 4.79 Å². The predicted octanol–water partition coefficient (Wildman–Crippen LogP) is 0.974. The highest BCUT2D eigenvalue weighted by Gasteiger charge is 2.48. The average Bonchev–Trinajstić information content (AvgIpc) is 2.89. The smallest absolute Gasteiger partial charge is 0.325 e. The number of carbonyl (C=O) groups is 2. The van der Waals surface area contributed by atoms with Gasteiger partial charge in [-0.25, -0.2) is 9.79 Å². The van der Waals surface area contributed by atoms with E-state index in [9.17, 15) is 14.7 Å². The third-order valence-corrected chi connectivity index (χ3v) is 5.35. The third-order valence-electron chi connectivity index (χ3n) is 3.97. The standard InChI is InChI=1S/C15H16BrIN4O4/c1-20-12-11(13(23)19-15(20)24)21(14(16)18-12)6-9(22)7-25-10-4-2-8(17)3-5-10/h2-5,9,11-12,22H,6-7H2,1H3,(H,19,23,24). The zero-order valence-corrected chi connectivity index (χ0v) is 17.0. The summed E-state index contributed by atoms with van der Waals surface area (Å²) in [7, 11) is 1.57. The number of aliphatic imine (C=N–C) groups is 1. The third kappa shape index (κ3) is 3.90. The number of amides is 3. The molecule has 0 bridgehead atoms. The number of fused-ring (bicyclic) bond motifs is 1. The van der Waals surface area contributed by atoms with Crippen LogP contribution in [0.15, 0.2) is 29.3 Å². The summed E-state index contributed by atoms with van der Waals surface area (Å²) in [6, 6.07) is 6.32. The topological polar surface area (TPSA) is 94.5 Å². The number of nitrogens with one attached hydrogen (secondary N) is 1. The number of imide groups is 1. The molecule has 134 valence electrons. The van der Waals surface area contributed by atoms with E-state index in [4.69, 9.17) is 4.74 Å². The fraction of sp³-hybridized carbons (Fsp3) is 0.400. The molecule has 1 aromatic carbocycles. The molecule has 1 fully saturated rings. The van der Waals surface area contributed by atoms with Crippen molar-refractivity contribution in [3.05, 3.63) is 27.8 Å². The van der Waals surface area contributed by atoms with Gasteiger partial charge in [0.15, 0.2) is 17.0 Å². The molecule has 1 saturated heterocycles. The second-order valence-corrected chi connectivity index (χ2v) is 7.69. The fourth-order valence-corrected chi connectivity index (χ4v) is 3.62. The largest absolute Gasteiger partial charge is 0.491 e. The zero-order chi connectivity index (χ0) is 18.1. The number of aliphatic hydroxyl groups excluding tert-OH is 1. The van der Waals surface area contributed by atoms with Crippen molar-refractivity contribution >= 4 is 55.2 Å². The van der Waals surface area contributed by atoms with E-state index in [0.717, 1.165) is 3.57 Å². The summed E-state index contributed by atoms with van der Waals surface area (Å²) in [6.07, 6.45) is -1.45. The number of hydrogen-bond donors (Lipinski definition) is 2. The van der Waals surface area contributed by atoms with Crippen molar-refractivity contribution in [1.82, 2.24) is 15.1 Å². The van der Waals surface area contributed by atoms with Crippen LogP contribution >= 0.6 is 38.5 Å². The maximum atomic E-state index is 12.2. The van der Waals surface area contributed by atoms with Crippen LogP contribution < -0.4 is 10.1 Å². The van der Waals surface area contributed by atoms with Gasteiger partial charge in [-0.1, -0.05) is 0 Å². The Balaban J connectivity index is 1.61. The molecule has 8 nitrogen and oxygen atoms in total. The molecule has 1 aromatic rings. The lowest BCUT2D eigenvalue weighted by Gasteiger charge is -2.36. The van der Waals surface area contributed by atoms with E-state index in [2.05, 4.69) is 48.8 Å². The quantitative estimate of drug-likeness (QED) is 0.444. The highest BCUT2D eigenvalue weighted by molar-refractivity contribution is 14.1. The molecule has 2 aliphatic heterocycles. The lowest BCUT2D eigenvalue weighted by atomic mass is 10.1. The van der Waals surface area contributed by atoms with Crippen LogP contribution in [0.1, 0.15) is 0 Å². The number of β-amino-alcohol motifs (C(OH)–C–C–N with tert-alkyl or cyclic N) is 1. The number of urea groups is 1. The van der Waals surface area contributed by atoms with Crippen LogP contribution in [0.2, 0.25) is 0 Å². The summed E-state index contributed by atoms with van der Waals surface area (Å²) in [4.78, 5) is 31.2. The molecule has 2 aliphatic rings. The molecule has 0 spiro atoms. The Labute approximate surface area is 166 Å². The number of ether oxygens (including phenoxy) is 1. The van der Waals surface area contributed by atoms with Gasteiger partial charge in [0.1, 0.15) is 18.5 Å². The van der Waals surface area contributed by atoms with Crippen LogP contribution in [0.3, 0.4) is 0 Å². The molecular weight excluding hydrogens is 507 g/mol. The van der Waals surface area contributed by atoms with Gasteiger partial charge in [-0.05, 0) is 62.8 Å². The second-order valence-electron chi connectivity index (χ2n) is 5.73. The first-order valence-electron chi connectivity index (χ1n) is 7.51. The van der Waals surface area contributed by atoms with Crippen molar-refractivity contribution in [3.63, 3.8) is 0 Å². The number of nitrogens with zero attached hydrogens (tertiary/aromatic N) is 3. The Kier molecular flexibility index (Phi) is 5.49. The summed E-state index contributed by atoms with van der Waals surface area (Å²) in [5.74, 6) is 0.226. The van der Waals surface area contributed by atoms with Crippen LogP contribution in [0.5, 0.6) is 5.75 Å². The number of likely N-dealkylation sites (N-methyl/N-ethyl adjacent to an activating group) is 1. The summed E-state index contributed by atoms with van der Waals surface area (Å²) in [5, 5.41) is 12.6. The number of halogens is 2. The molecule has 10 heteroatoms. The van der Waals surface area contributed by atoms with Gasteiger partial charge in [0, 0.05) is 10.6 Å². The van der Waals surface area contributed by atoms with Gasteiger partial charge in [-0.3, -0.25) is 10.1 Å². The van der Waals surface area contributed by atoms with Gasteiger partial charge in [0.25, 0.3) is 5.91 Å². The molecule has 3 rings (SSSR count). The zero-order valence-electron chi connectivity index (χ0n) is 13.2. The highest BCUT2D eigenvalue weighted by atomic mass is 127. The van der Waals surface area contributed by atoms with Gasteiger partial charge in [-0.2, -0.15) is 0 Å². The molecule has 2 N–H and O–H groups in total. The van der Waals surface area contributed by atoms with Gasteiger partial charge in [0.05, 0.1) is 6.54 Å². The van der Waals surface area contributed by atoms with Crippen LogP contribution in [0.25, 0.3) is 0 Å². The molecule has 0 saturated carbocycles. The monoisotopic (exact) mass is 522 g/mol.